The molecule has 2 aliphatic heterocycles. The van der Waals surface area contributed by atoms with Crippen LogP contribution in [0, 0.1) is 0 Å². The van der Waals surface area contributed by atoms with Gasteiger partial charge in [-0.15, -0.1) is 0 Å². The minimum absolute atomic E-state index is 0.255. The maximum atomic E-state index is 11.5. The predicted molar refractivity (Wildman–Crippen MR) is 56.1 cm³/mol. The lowest BCUT2D eigenvalue weighted by Crippen LogP contribution is -2.47. The van der Waals surface area contributed by atoms with Crippen LogP contribution in [0.15, 0.2) is 0 Å². The molecule has 0 saturated carbocycles. The Morgan fingerprint density at radius 3 is 2.93 bits per heavy atom. The molecule has 0 spiro atoms. The third-order valence-corrected chi connectivity index (χ3v) is 3.53. The maximum absolute atomic E-state index is 11.5. The number of hydrogen-bond donors (Lipinski definition) is 1. The second kappa shape index (κ2) is 4.30. The lowest BCUT2D eigenvalue weighted by atomic mass is 9.98. The summed E-state index contributed by atoms with van der Waals surface area (Å²) in [6, 6.07) is 1.05. The average molecular weight is 196 g/mol. The molecule has 0 unspecified atom stereocenters. The van der Waals surface area contributed by atoms with E-state index in [0.717, 1.165) is 19.5 Å². The van der Waals surface area contributed by atoms with Crippen molar-refractivity contribution in [1.82, 2.24) is 10.2 Å². The summed E-state index contributed by atoms with van der Waals surface area (Å²) in [4.78, 5) is 13.6. The SMILES string of the molecule is CC(=O)N1CCCCC[C@H]2NCC[C@@H]21. The second-order valence-corrected chi connectivity index (χ2v) is 4.48. The largest absolute Gasteiger partial charge is 0.338 e. The minimum Gasteiger partial charge on any atom is -0.338 e. The highest BCUT2D eigenvalue weighted by Crippen LogP contribution is 2.23. The molecule has 2 atom stereocenters. The van der Waals surface area contributed by atoms with Gasteiger partial charge in [-0.3, -0.25) is 4.79 Å². The van der Waals surface area contributed by atoms with Gasteiger partial charge in [0, 0.05) is 25.6 Å². The number of rotatable bonds is 0. The number of nitrogens with one attached hydrogen (secondary N) is 1. The molecule has 0 aromatic carbocycles. The zero-order valence-corrected chi connectivity index (χ0v) is 8.96. The first-order chi connectivity index (χ1) is 6.79. The van der Waals surface area contributed by atoms with Gasteiger partial charge in [-0.2, -0.15) is 0 Å². The van der Waals surface area contributed by atoms with Gasteiger partial charge in [0.25, 0.3) is 0 Å². The summed E-state index contributed by atoms with van der Waals surface area (Å²) in [6.45, 7) is 3.76. The Morgan fingerprint density at radius 1 is 1.29 bits per heavy atom. The normalized spacial score (nSPS) is 33.4. The van der Waals surface area contributed by atoms with Gasteiger partial charge in [0.2, 0.25) is 5.91 Å². The Kier molecular flexibility index (Phi) is 3.06. The smallest absolute Gasteiger partial charge is 0.219 e. The van der Waals surface area contributed by atoms with E-state index in [9.17, 15) is 4.79 Å². The van der Waals surface area contributed by atoms with Crippen molar-refractivity contribution in [3.8, 4) is 0 Å². The van der Waals surface area contributed by atoms with Crippen LogP contribution in [0.1, 0.15) is 39.0 Å². The van der Waals surface area contributed by atoms with E-state index < -0.39 is 0 Å². The first-order valence-corrected chi connectivity index (χ1v) is 5.79. The van der Waals surface area contributed by atoms with Gasteiger partial charge in [-0.05, 0) is 25.8 Å². The average Bonchev–Trinajstić information content (AvgIpc) is 2.51. The molecule has 2 fully saturated rings. The van der Waals surface area contributed by atoms with E-state index in [1.807, 2.05) is 0 Å². The van der Waals surface area contributed by atoms with Crippen LogP contribution in [-0.2, 0) is 4.79 Å². The van der Waals surface area contributed by atoms with Crippen LogP contribution in [0.3, 0.4) is 0 Å². The van der Waals surface area contributed by atoms with Gasteiger partial charge in [0.05, 0.1) is 0 Å². The molecule has 3 heteroatoms. The number of hydrogen-bond acceptors (Lipinski definition) is 2. The highest BCUT2D eigenvalue weighted by Gasteiger charge is 2.33. The molecule has 80 valence electrons. The van der Waals surface area contributed by atoms with E-state index in [4.69, 9.17) is 0 Å². The zero-order valence-electron chi connectivity index (χ0n) is 8.96. The lowest BCUT2D eigenvalue weighted by Gasteiger charge is -2.34. The van der Waals surface area contributed by atoms with Crippen molar-refractivity contribution in [3.63, 3.8) is 0 Å². The van der Waals surface area contributed by atoms with Crippen LogP contribution >= 0.6 is 0 Å². The number of likely N-dealkylation sites (tertiary alicyclic amines) is 1. The molecule has 1 N–H and O–H groups in total. The van der Waals surface area contributed by atoms with Crippen molar-refractivity contribution in [2.45, 2.75) is 51.1 Å². The fraction of sp³-hybridized carbons (Fsp3) is 0.909. The Balaban J connectivity index is 2.08. The first kappa shape index (κ1) is 9.97. The molecule has 0 bridgehead atoms. The summed E-state index contributed by atoms with van der Waals surface area (Å²) >= 11 is 0. The molecular weight excluding hydrogens is 176 g/mol. The summed E-state index contributed by atoms with van der Waals surface area (Å²) < 4.78 is 0. The van der Waals surface area contributed by atoms with E-state index >= 15 is 0 Å². The molecular formula is C11H20N2O. The van der Waals surface area contributed by atoms with Gasteiger partial charge in [-0.25, -0.2) is 0 Å². The molecule has 14 heavy (non-hydrogen) atoms. The number of carbonyl (C=O) groups excluding carboxylic acids is 1. The standard InChI is InChI=1S/C11H20N2O/c1-9(14)13-8-4-2-3-5-10-11(13)6-7-12-10/h10-12H,2-8H2,1H3/t10-,11+/m1/s1. The lowest BCUT2D eigenvalue weighted by molar-refractivity contribution is -0.131. The Labute approximate surface area is 85.8 Å². The van der Waals surface area contributed by atoms with Gasteiger partial charge in [0.1, 0.15) is 0 Å². The molecule has 0 radical (unpaired) electrons. The monoisotopic (exact) mass is 196 g/mol. The summed E-state index contributed by atoms with van der Waals surface area (Å²) in [5.41, 5.74) is 0. The molecule has 3 nitrogen and oxygen atoms in total. The Hall–Kier alpha value is -0.570. The summed E-state index contributed by atoms with van der Waals surface area (Å²) in [5, 5.41) is 3.52. The van der Waals surface area contributed by atoms with Crippen LogP contribution in [0.25, 0.3) is 0 Å². The number of amides is 1. The molecule has 1 amide bonds. The van der Waals surface area contributed by atoms with Crippen molar-refractivity contribution in [3.05, 3.63) is 0 Å². The Bertz CT molecular complexity index is 217. The number of nitrogens with zero attached hydrogens (tertiary/aromatic N) is 1. The highest BCUT2D eigenvalue weighted by molar-refractivity contribution is 5.73. The van der Waals surface area contributed by atoms with Crippen molar-refractivity contribution < 1.29 is 4.79 Å². The third-order valence-electron chi connectivity index (χ3n) is 3.53. The molecule has 0 aromatic rings. The van der Waals surface area contributed by atoms with Crippen molar-refractivity contribution in [2.24, 2.45) is 0 Å². The molecule has 0 aromatic heterocycles. The fourth-order valence-electron chi connectivity index (χ4n) is 2.80. The zero-order chi connectivity index (χ0) is 9.97. The maximum Gasteiger partial charge on any atom is 0.219 e. The van der Waals surface area contributed by atoms with Gasteiger partial charge in [0.15, 0.2) is 0 Å². The minimum atomic E-state index is 0.255. The van der Waals surface area contributed by atoms with E-state index in [1.165, 1.54) is 25.7 Å². The summed E-state index contributed by atoms with van der Waals surface area (Å²) in [6.07, 6.45) is 6.16. The van der Waals surface area contributed by atoms with Gasteiger partial charge in [-0.1, -0.05) is 12.8 Å². The molecule has 2 heterocycles. The summed E-state index contributed by atoms with van der Waals surface area (Å²) in [7, 11) is 0. The van der Waals surface area contributed by atoms with E-state index in [1.54, 1.807) is 6.92 Å². The second-order valence-electron chi connectivity index (χ2n) is 4.48. The van der Waals surface area contributed by atoms with E-state index in [-0.39, 0.29) is 5.91 Å². The fourth-order valence-corrected chi connectivity index (χ4v) is 2.80. The van der Waals surface area contributed by atoms with Gasteiger partial charge < -0.3 is 10.2 Å². The van der Waals surface area contributed by atoms with Crippen LogP contribution in [0.5, 0.6) is 0 Å². The molecule has 2 aliphatic rings. The third kappa shape index (κ3) is 1.92. The van der Waals surface area contributed by atoms with Crippen LogP contribution in [0.4, 0.5) is 0 Å². The topological polar surface area (TPSA) is 32.3 Å². The quantitative estimate of drug-likeness (QED) is 0.630. The molecule has 2 saturated heterocycles. The number of carbonyl (C=O) groups is 1. The van der Waals surface area contributed by atoms with Crippen LogP contribution in [-0.4, -0.2) is 36.0 Å². The highest BCUT2D eigenvalue weighted by atomic mass is 16.2. The van der Waals surface area contributed by atoms with Crippen molar-refractivity contribution >= 4 is 5.91 Å². The van der Waals surface area contributed by atoms with E-state index in [2.05, 4.69) is 10.2 Å². The first-order valence-electron chi connectivity index (χ1n) is 5.79. The van der Waals surface area contributed by atoms with Crippen molar-refractivity contribution in [2.75, 3.05) is 13.1 Å². The van der Waals surface area contributed by atoms with Crippen molar-refractivity contribution in [1.29, 1.82) is 0 Å². The molecule has 0 aliphatic carbocycles. The summed E-state index contributed by atoms with van der Waals surface area (Å²) in [5.74, 6) is 0.255. The van der Waals surface area contributed by atoms with E-state index in [0.29, 0.717) is 12.1 Å². The van der Waals surface area contributed by atoms with Crippen LogP contribution in [0.2, 0.25) is 0 Å². The Morgan fingerprint density at radius 2 is 2.14 bits per heavy atom. The number of fused-ring (bicyclic) bond motifs is 1. The van der Waals surface area contributed by atoms with Crippen LogP contribution < -0.4 is 5.32 Å². The van der Waals surface area contributed by atoms with Gasteiger partial charge >= 0.3 is 0 Å². The molecule has 2 rings (SSSR count). The predicted octanol–water partition coefficient (Wildman–Crippen LogP) is 1.14.